The van der Waals surface area contributed by atoms with E-state index < -0.39 is 42.8 Å². The van der Waals surface area contributed by atoms with Crippen molar-refractivity contribution in [3.05, 3.63) is 62.7 Å². The molecule has 1 aromatic carbocycles. The van der Waals surface area contributed by atoms with Crippen molar-refractivity contribution in [2.45, 2.75) is 51.6 Å². The van der Waals surface area contributed by atoms with E-state index in [1.807, 2.05) is 29.2 Å². The number of likely N-dealkylation sites (tertiary alicyclic amines) is 1. The number of anilines is 1. The third-order valence-corrected chi connectivity index (χ3v) is 11.5. The summed E-state index contributed by atoms with van der Waals surface area (Å²) in [4.78, 5) is 41.2. The smallest absolute Gasteiger partial charge is 0.254 e. The number of carbonyl (C=O) groups is 1. The number of carbonyl (C=O) groups excluding carboxylic acids is 1. The molecule has 2 aliphatic heterocycles. The zero-order chi connectivity index (χ0) is 32.6. The lowest BCUT2D eigenvalue weighted by Gasteiger charge is -2.42. The molecule has 0 unspecified atom stereocenters. The zero-order valence-corrected chi connectivity index (χ0v) is 29.3. The Bertz CT molecular complexity index is 1930. The van der Waals surface area contributed by atoms with Gasteiger partial charge in [-0.2, -0.15) is 0 Å². The quantitative estimate of drug-likeness (QED) is 0.163. The Kier molecular flexibility index (Phi) is 9.78. The molecule has 6 rings (SSSR count). The number of para-hydroxylation sites is 1. The lowest BCUT2D eigenvalue weighted by molar-refractivity contribution is -0.142. The fourth-order valence-corrected chi connectivity index (χ4v) is 8.55. The second-order valence-electron chi connectivity index (χ2n) is 12.0. The first-order valence-corrected chi connectivity index (χ1v) is 19.1. The highest BCUT2D eigenvalue weighted by atomic mass is 127. The number of amides is 1. The zero-order valence-electron chi connectivity index (χ0n) is 25.6. The van der Waals surface area contributed by atoms with Crippen LogP contribution in [0.3, 0.4) is 0 Å². The normalized spacial score (nSPS) is 22.5. The minimum Gasteiger partial charge on any atom is -0.450 e. The van der Waals surface area contributed by atoms with Crippen molar-refractivity contribution in [3.63, 3.8) is 0 Å². The van der Waals surface area contributed by atoms with E-state index in [0.717, 1.165) is 11.8 Å². The second kappa shape index (κ2) is 13.6. The van der Waals surface area contributed by atoms with E-state index in [-0.39, 0.29) is 37.6 Å². The number of furan rings is 1. The van der Waals surface area contributed by atoms with E-state index in [9.17, 15) is 16.1 Å². The van der Waals surface area contributed by atoms with Crippen LogP contribution in [0.2, 0.25) is 0 Å². The van der Waals surface area contributed by atoms with Crippen LogP contribution in [0.4, 0.5) is 10.2 Å². The Morgan fingerprint density at radius 2 is 2.13 bits per heavy atom. The lowest BCUT2D eigenvalue weighted by atomic mass is 9.78. The standard InChI is InChI=1S/C32H36BrFIN5O6/c1-19(31(42)39-13-11-32(34,20(2)17-39)23-15-21(33)16-36-30(23)41)18-45-14-6-10-26-37-27-22-7-3-4-8-24(22)46-28(27)29(38-26)40-12-5-9-25(40)35(43)44/h3-4,7-8,15-16,19-20H,5-6,9-14,17-18H2,1-2H3,(H,36,41)(H,43,44)/t19-,20-,32+/m0/s1. The summed E-state index contributed by atoms with van der Waals surface area (Å²) < 4.78 is 51.4. The molecular weight excluding hydrogens is 776 g/mol. The molecule has 1 amide bonds. The van der Waals surface area contributed by atoms with Gasteiger partial charge in [0.1, 0.15) is 26.2 Å². The van der Waals surface area contributed by atoms with Crippen LogP contribution in [-0.2, 0) is 24.7 Å². The third kappa shape index (κ3) is 6.45. The molecule has 5 heterocycles. The maximum atomic E-state index is 16.1. The predicted molar refractivity (Wildman–Crippen MR) is 184 cm³/mol. The second-order valence-corrected chi connectivity index (χ2v) is 15.5. The molecule has 3 aromatic heterocycles. The largest absolute Gasteiger partial charge is 0.450 e. The van der Waals surface area contributed by atoms with Gasteiger partial charge in [0.2, 0.25) is 25.7 Å². The molecule has 2 N–H and O–H groups in total. The molecule has 0 saturated carbocycles. The number of ether oxygens (including phenoxy) is 1. The summed E-state index contributed by atoms with van der Waals surface area (Å²) in [7, 11) is 0. The van der Waals surface area contributed by atoms with Gasteiger partial charge in [-0.05, 0) is 53.4 Å². The average molecular weight is 812 g/mol. The highest BCUT2D eigenvalue weighted by Gasteiger charge is 2.45. The highest BCUT2D eigenvalue weighted by molar-refractivity contribution is 14.2. The summed E-state index contributed by atoms with van der Waals surface area (Å²) in [5.74, 6) is 0.0196. The van der Waals surface area contributed by atoms with E-state index in [4.69, 9.17) is 19.1 Å². The molecule has 2 fully saturated rings. The molecule has 14 heteroatoms. The van der Waals surface area contributed by atoms with Crippen molar-refractivity contribution < 1.29 is 24.8 Å². The van der Waals surface area contributed by atoms with Gasteiger partial charge in [0, 0.05) is 61.1 Å². The molecule has 0 aliphatic carbocycles. The summed E-state index contributed by atoms with van der Waals surface area (Å²) in [5.41, 5.74) is -0.349. The van der Waals surface area contributed by atoms with Crippen molar-refractivity contribution in [1.82, 2.24) is 19.9 Å². The van der Waals surface area contributed by atoms with Crippen molar-refractivity contribution in [2.24, 2.45) is 11.8 Å². The first-order valence-electron chi connectivity index (χ1n) is 15.4. The van der Waals surface area contributed by atoms with Gasteiger partial charge >= 0.3 is 0 Å². The van der Waals surface area contributed by atoms with Gasteiger partial charge in [0.05, 0.1) is 18.1 Å². The number of halogens is 3. The number of fused-ring (bicyclic) bond motifs is 3. The van der Waals surface area contributed by atoms with Gasteiger partial charge in [-0.15, -0.1) is 0 Å². The number of benzene rings is 1. The van der Waals surface area contributed by atoms with Crippen LogP contribution in [0.25, 0.3) is 22.1 Å². The number of hydrogen-bond acceptors (Lipinski definition) is 8. The molecule has 2 saturated heterocycles. The van der Waals surface area contributed by atoms with Gasteiger partial charge < -0.3 is 27.4 Å². The molecule has 3 atom stereocenters. The summed E-state index contributed by atoms with van der Waals surface area (Å²) in [6.07, 6.45) is 3.96. The maximum absolute atomic E-state index is 16.1. The number of nitrogens with one attached hydrogen (secondary N) is 1. The lowest BCUT2D eigenvalue weighted by Crippen LogP contribution is -2.51. The van der Waals surface area contributed by atoms with E-state index in [1.54, 1.807) is 18.7 Å². The van der Waals surface area contributed by atoms with E-state index in [1.165, 1.54) is 12.3 Å². The van der Waals surface area contributed by atoms with Gasteiger partial charge in [-0.1, -0.05) is 26.0 Å². The fraction of sp³-hybridized carbons (Fsp3) is 0.469. The van der Waals surface area contributed by atoms with Crippen molar-refractivity contribution >= 4 is 73.1 Å². The molecule has 2 aliphatic rings. The van der Waals surface area contributed by atoms with Crippen LogP contribution in [-0.4, -0.2) is 65.7 Å². The number of hydrogen-bond donors (Lipinski definition) is 2. The number of H-pyrrole nitrogens is 1. The number of aromatic amines is 1. The van der Waals surface area contributed by atoms with Gasteiger partial charge in [-0.25, -0.2) is 17.4 Å². The number of alkyl halides is 1. The number of aryl methyl sites for hydroxylation is 1. The highest BCUT2D eigenvalue weighted by Crippen LogP contribution is 2.41. The number of pyridine rings is 1. The Balaban J connectivity index is 1.07. The fourth-order valence-electron chi connectivity index (χ4n) is 6.40. The predicted octanol–water partition coefficient (Wildman–Crippen LogP) is 5.63. The Labute approximate surface area is 280 Å². The molecule has 0 bridgehead atoms. The number of piperidine rings is 1. The summed E-state index contributed by atoms with van der Waals surface area (Å²) in [6.45, 7) is 5.13. The van der Waals surface area contributed by atoms with Crippen LogP contribution in [0, 0.1) is 11.8 Å². The van der Waals surface area contributed by atoms with E-state index in [2.05, 4.69) is 20.9 Å². The van der Waals surface area contributed by atoms with E-state index >= 15 is 4.39 Å². The van der Waals surface area contributed by atoms with Gasteiger partial charge in [0.15, 0.2) is 11.4 Å². The Morgan fingerprint density at radius 3 is 2.91 bits per heavy atom. The Hall–Kier alpha value is -2.95. The summed E-state index contributed by atoms with van der Waals surface area (Å²) in [6, 6.07) is 9.13. The van der Waals surface area contributed by atoms with E-state index in [0.29, 0.717) is 68.8 Å². The molecular formula is C32H36BrFIN5O6. The molecule has 246 valence electrons. The van der Waals surface area contributed by atoms with Crippen LogP contribution in [0.5, 0.6) is 0 Å². The minimum atomic E-state index is -3.45. The van der Waals surface area contributed by atoms with Crippen molar-refractivity contribution in [1.29, 1.82) is 0 Å². The monoisotopic (exact) mass is 811 g/mol. The number of aromatic nitrogens is 3. The van der Waals surface area contributed by atoms with Crippen LogP contribution >= 0.6 is 35.7 Å². The van der Waals surface area contributed by atoms with Gasteiger partial charge in [0.25, 0.3) is 5.56 Å². The minimum absolute atomic E-state index is 0.0399. The average Bonchev–Trinajstić information content (AvgIpc) is 3.68. The van der Waals surface area contributed by atoms with Crippen LogP contribution < -0.4 is 10.5 Å². The number of rotatable bonds is 9. The summed E-state index contributed by atoms with van der Waals surface area (Å²) in [5, 5.41) is 0.855. The van der Waals surface area contributed by atoms with Gasteiger partial charge in [-0.3, -0.25) is 9.59 Å². The first kappa shape index (κ1) is 33.0. The maximum Gasteiger partial charge on any atom is 0.254 e. The topological polar surface area (TPSA) is 142 Å². The SMILES string of the molecule is C[C@@H](COCCCc1nc(N2CCC/C2=I(=O)\O)c2oc3ccccc3c2n1)C(=O)N1CC[C@](F)(c2cc(Br)c[nH]c2=O)[C@@H](C)C1. The molecule has 0 radical (unpaired) electrons. The first-order chi connectivity index (χ1) is 22.1. The van der Waals surface area contributed by atoms with Crippen LogP contribution in [0.1, 0.15) is 50.9 Å². The molecule has 46 heavy (non-hydrogen) atoms. The molecule has 0 spiro atoms. The summed E-state index contributed by atoms with van der Waals surface area (Å²) >= 11 is -0.147. The number of nitrogens with zero attached hydrogens (tertiary/aromatic N) is 4. The van der Waals surface area contributed by atoms with Crippen molar-refractivity contribution in [2.75, 3.05) is 37.7 Å². The Morgan fingerprint density at radius 1 is 1.33 bits per heavy atom. The molecule has 4 aromatic rings. The molecule has 11 nitrogen and oxygen atoms in total. The third-order valence-electron chi connectivity index (χ3n) is 8.87. The van der Waals surface area contributed by atoms with Crippen molar-refractivity contribution in [3.8, 4) is 0 Å². The van der Waals surface area contributed by atoms with Crippen LogP contribution in [0.15, 0.2) is 50.2 Å².